The molecule has 28 heavy (non-hydrogen) atoms. The number of likely N-dealkylation sites (tertiary alicyclic amines) is 1. The quantitative estimate of drug-likeness (QED) is 0.800. The molecule has 1 unspecified atom stereocenters. The lowest BCUT2D eigenvalue weighted by atomic mass is 9.87. The zero-order valence-electron chi connectivity index (χ0n) is 16.2. The third-order valence-corrected chi connectivity index (χ3v) is 5.55. The number of anilines is 1. The van der Waals surface area contributed by atoms with Crippen LogP contribution in [0.2, 0.25) is 0 Å². The van der Waals surface area contributed by atoms with E-state index >= 15 is 0 Å². The number of hydrogen-bond donors (Lipinski definition) is 1. The van der Waals surface area contributed by atoms with Crippen LogP contribution < -0.4 is 14.8 Å². The lowest BCUT2D eigenvalue weighted by Gasteiger charge is -2.28. The van der Waals surface area contributed by atoms with Gasteiger partial charge in [0.25, 0.3) is 0 Å². The van der Waals surface area contributed by atoms with E-state index in [4.69, 9.17) is 9.47 Å². The molecule has 3 rings (SSSR count). The number of carbonyl (C=O) groups excluding carboxylic acids is 2. The first-order valence-corrected chi connectivity index (χ1v) is 9.54. The number of carbonyl (C=O) groups is 2. The Labute approximate surface area is 163 Å². The molecule has 2 aliphatic rings. The van der Waals surface area contributed by atoms with Gasteiger partial charge in [-0.05, 0) is 37.3 Å². The molecule has 8 heteroatoms. The van der Waals surface area contributed by atoms with E-state index in [1.807, 2.05) is 0 Å². The van der Waals surface area contributed by atoms with Crippen LogP contribution >= 0.6 is 0 Å². The van der Waals surface area contributed by atoms with E-state index in [2.05, 4.69) is 5.32 Å². The lowest BCUT2D eigenvalue weighted by molar-refractivity contribution is -0.131. The van der Waals surface area contributed by atoms with Crippen molar-refractivity contribution in [2.24, 2.45) is 5.92 Å². The Morgan fingerprint density at radius 3 is 2.61 bits per heavy atom. The summed E-state index contributed by atoms with van der Waals surface area (Å²) in [6, 6.07) is 4.55. The van der Waals surface area contributed by atoms with E-state index in [9.17, 15) is 18.4 Å². The maximum atomic E-state index is 13.3. The van der Waals surface area contributed by atoms with Gasteiger partial charge in [-0.15, -0.1) is 0 Å². The van der Waals surface area contributed by atoms with E-state index in [-0.39, 0.29) is 30.6 Å². The molecule has 1 aliphatic heterocycles. The van der Waals surface area contributed by atoms with Crippen LogP contribution in [0.25, 0.3) is 0 Å². The average Bonchev–Trinajstić information content (AvgIpc) is 3.00. The number of nitrogens with zero attached hydrogens (tertiary/aromatic N) is 1. The van der Waals surface area contributed by atoms with Gasteiger partial charge in [-0.25, -0.2) is 8.78 Å². The SMILES string of the molecule is COc1ccc(OCC2CCC(F)(F)CC2)cc1NC(=O)C1CCC(=O)N1C. The van der Waals surface area contributed by atoms with Gasteiger partial charge in [0.2, 0.25) is 17.7 Å². The fourth-order valence-electron chi connectivity index (χ4n) is 3.68. The molecule has 1 atom stereocenters. The van der Waals surface area contributed by atoms with Crippen molar-refractivity contribution < 1.29 is 27.8 Å². The summed E-state index contributed by atoms with van der Waals surface area (Å²) in [5.74, 6) is -1.78. The monoisotopic (exact) mass is 396 g/mol. The van der Waals surface area contributed by atoms with Crippen LogP contribution in [0.3, 0.4) is 0 Å². The minimum atomic E-state index is -2.55. The first-order chi connectivity index (χ1) is 13.3. The van der Waals surface area contributed by atoms with Gasteiger partial charge in [-0.1, -0.05) is 0 Å². The minimum Gasteiger partial charge on any atom is -0.495 e. The summed E-state index contributed by atoms with van der Waals surface area (Å²) in [7, 11) is 3.11. The number of rotatable bonds is 6. The van der Waals surface area contributed by atoms with Crippen LogP contribution in [0.1, 0.15) is 38.5 Å². The van der Waals surface area contributed by atoms with E-state index in [1.54, 1.807) is 25.2 Å². The summed E-state index contributed by atoms with van der Waals surface area (Å²) in [5, 5.41) is 2.81. The van der Waals surface area contributed by atoms with Crippen molar-refractivity contribution in [1.29, 1.82) is 0 Å². The van der Waals surface area contributed by atoms with Crippen LogP contribution in [-0.4, -0.2) is 49.4 Å². The Bertz CT molecular complexity index is 731. The maximum absolute atomic E-state index is 13.3. The molecule has 1 saturated carbocycles. The van der Waals surface area contributed by atoms with Crippen molar-refractivity contribution in [3.05, 3.63) is 18.2 Å². The molecule has 0 spiro atoms. The molecule has 0 bridgehead atoms. The number of hydrogen-bond acceptors (Lipinski definition) is 4. The highest BCUT2D eigenvalue weighted by molar-refractivity contribution is 5.99. The van der Waals surface area contributed by atoms with Crippen LogP contribution in [-0.2, 0) is 9.59 Å². The van der Waals surface area contributed by atoms with Gasteiger partial charge in [0.1, 0.15) is 17.5 Å². The molecular formula is C20H26F2N2O4. The van der Waals surface area contributed by atoms with Gasteiger partial charge in [0.05, 0.1) is 19.4 Å². The largest absolute Gasteiger partial charge is 0.495 e. The Hall–Kier alpha value is -2.38. The summed E-state index contributed by atoms with van der Waals surface area (Å²) < 4.78 is 37.6. The maximum Gasteiger partial charge on any atom is 0.248 e. The summed E-state index contributed by atoms with van der Waals surface area (Å²) in [5.41, 5.74) is 0.452. The molecule has 1 saturated heterocycles. The number of methoxy groups -OCH3 is 1. The Morgan fingerprint density at radius 2 is 2.00 bits per heavy atom. The second-order valence-electron chi connectivity index (χ2n) is 7.52. The van der Waals surface area contributed by atoms with E-state index in [1.165, 1.54) is 12.0 Å². The number of nitrogens with one attached hydrogen (secondary N) is 1. The van der Waals surface area contributed by atoms with E-state index in [0.717, 1.165) is 0 Å². The molecule has 1 aliphatic carbocycles. The van der Waals surface area contributed by atoms with E-state index < -0.39 is 12.0 Å². The fraction of sp³-hybridized carbons (Fsp3) is 0.600. The summed E-state index contributed by atoms with van der Waals surface area (Å²) in [6.45, 7) is 0.357. The number of ether oxygens (including phenoxy) is 2. The molecule has 1 aromatic carbocycles. The smallest absolute Gasteiger partial charge is 0.248 e. The minimum absolute atomic E-state index is 0.0535. The van der Waals surface area contributed by atoms with E-state index in [0.29, 0.717) is 49.5 Å². The second kappa shape index (κ2) is 8.32. The van der Waals surface area contributed by atoms with Crippen molar-refractivity contribution in [3.8, 4) is 11.5 Å². The number of alkyl halides is 2. The Kier molecular flexibility index (Phi) is 6.05. The molecule has 2 amide bonds. The zero-order valence-corrected chi connectivity index (χ0v) is 16.2. The highest BCUT2D eigenvalue weighted by atomic mass is 19.3. The topological polar surface area (TPSA) is 67.9 Å². The number of amides is 2. The van der Waals surface area contributed by atoms with Gasteiger partial charge < -0.3 is 19.7 Å². The summed E-state index contributed by atoms with van der Waals surface area (Å²) in [4.78, 5) is 25.6. The summed E-state index contributed by atoms with van der Waals surface area (Å²) >= 11 is 0. The number of benzene rings is 1. The highest BCUT2D eigenvalue weighted by Gasteiger charge is 2.35. The van der Waals surface area contributed by atoms with Gasteiger partial charge in [0, 0.05) is 32.4 Å². The number of likely N-dealkylation sites (N-methyl/N-ethyl adjacent to an activating group) is 1. The molecule has 0 aromatic heterocycles. The van der Waals surface area contributed by atoms with Crippen LogP contribution in [0.5, 0.6) is 11.5 Å². The molecule has 1 aromatic rings. The highest BCUT2D eigenvalue weighted by Crippen LogP contribution is 2.37. The zero-order chi connectivity index (χ0) is 20.3. The molecule has 0 radical (unpaired) electrons. The Balaban J connectivity index is 1.62. The summed E-state index contributed by atoms with van der Waals surface area (Å²) in [6.07, 6.45) is 1.52. The van der Waals surface area contributed by atoms with Crippen LogP contribution in [0.15, 0.2) is 18.2 Å². The van der Waals surface area contributed by atoms with Crippen LogP contribution in [0.4, 0.5) is 14.5 Å². The molecule has 1 N–H and O–H groups in total. The molecular weight excluding hydrogens is 370 g/mol. The lowest BCUT2D eigenvalue weighted by Crippen LogP contribution is -2.38. The van der Waals surface area contributed by atoms with Crippen LogP contribution in [0, 0.1) is 5.92 Å². The van der Waals surface area contributed by atoms with Gasteiger partial charge >= 0.3 is 0 Å². The van der Waals surface area contributed by atoms with Crippen molar-refractivity contribution in [3.63, 3.8) is 0 Å². The van der Waals surface area contributed by atoms with Crippen molar-refractivity contribution in [2.45, 2.75) is 50.5 Å². The van der Waals surface area contributed by atoms with Gasteiger partial charge in [-0.2, -0.15) is 0 Å². The number of halogens is 2. The van der Waals surface area contributed by atoms with Crippen molar-refractivity contribution in [2.75, 3.05) is 26.1 Å². The fourth-order valence-corrected chi connectivity index (χ4v) is 3.68. The standard InChI is InChI=1S/C20H26F2N2O4/c1-24-16(4-6-18(24)25)19(26)23-15-11-14(3-5-17(15)27-2)28-12-13-7-9-20(21,22)10-8-13/h3,5,11,13,16H,4,6-10,12H2,1-2H3,(H,23,26). The van der Waals surface area contributed by atoms with Gasteiger partial charge in [-0.3, -0.25) is 9.59 Å². The third-order valence-electron chi connectivity index (χ3n) is 5.55. The predicted molar refractivity (Wildman–Crippen MR) is 99.8 cm³/mol. The first-order valence-electron chi connectivity index (χ1n) is 9.54. The molecule has 1 heterocycles. The van der Waals surface area contributed by atoms with Gasteiger partial charge in [0.15, 0.2) is 0 Å². The van der Waals surface area contributed by atoms with Crippen molar-refractivity contribution in [1.82, 2.24) is 4.90 Å². The van der Waals surface area contributed by atoms with Crippen molar-refractivity contribution >= 4 is 17.5 Å². The Morgan fingerprint density at radius 1 is 1.29 bits per heavy atom. The molecule has 154 valence electrons. The predicted octanol–water partition coefficient (Wildman–Crippen LogP) is 3.46. The average molecular weight is 396 g/mol. The molecule has 6 nitrogen and oxygen atoms in total. The second-order valence-corrected chi connectivity index (χ2v) is 7.52. The third kappa shape index (κ3) is 4.72. The first kappa shape index (κ1) is 20.4. The molecule has 2 fully saturated rings. The normalized spacial score (nSPS) is 22.2.